The topological polar surface area (TPSA) is 55.0 Å². The Balaban J connectivity index is 2.38. The second kappa shape index (κ2) is 4.96. The lowest BCUT2D eigenvalue weighted by Gasteiger charge is -2.06. The second-order valence-electron chi connectivity index (χ2n) is 2.88. The van der Waals surface area contributed by atoms with E-state index in [-0.39, 0.29) is 5.56 Å². The van der Waals surface area contributed by atoms with E-state index in [2.05, 4.69) is 25.9 Å². The van der Waals surface area contributed by atoms with Crippen molar-refractivity contribution in [2.24, 2.45) is 0 Å². The minimum atomic E-state index is -0.211. The zero-order chi connectivity index (χ0) is 11.5. The molecule has 0 fully saturated rings. The standard InChI is InChI=1S/C10H6BrIN2O2/c11-6-3-1-2-4-7(6)16-10-8(12)9(15)13-5-14-10/h1-5H,(H,13,14,15). The number of aromatic amines is 1. The van der Waals surface area contributed by atoms with Crippen molar-refractivity contribution in [3.63, 3.8) is 0 Å². The van der Waals surface area contributed by atoms with Gasteiger partial charge in [-0.1, -0.05) is 12.1 Å². The summed E-state index contributed by atoms with van der Waals surface area (Å²) in [6.07, 6.45) is 1.32. The van der Waals surface area contributed by atoms with Crippen LogP contribution in [0, 0.1) is 3.57 Å². The average molecular weight is 393 g/mol. The molecule has 1 aromatic heterocycles. The lowest BCUT2D eigenvalue weighted by Crippen LogP contribution is -2.11. The molecular weight excluding hydrogens is 387 g/mol. The number of hydrogen-bond acceptors (Lipinski definition) is 3. The van der Waals surface area contributed by atoms with Gasteiger partial charge in [-0.3, -0.25) is 4.79 Å². The number of rotatable bonds is 2. The Morgan fingerprint density at radius 2 is 2.12 bits per heavy atom. The summed E-state index contributed by atoms with van der Waals surface area (Å²) in [5, 5.41) is 0. The van der Waals surface area contributed by atoms with E-state index >= 15 is 0 Å². The van der Waals surface area contributed by atoms with Gasteiger partial charge >= 0.3 is 0 Å². The van der Waals surface area contributed by atoms with Gasteiger partial charge in [0.15, 0.2) is 0 Å². The Labute approximate surface area is 113 Å². The zero-order valence-corrected chi connectivity index (χ0v) is 11.6. The third kappa shape index (κ3) is 2.43. The normalized spacial score (nSPS) is 10.1. The van der Waals surface area contributed by atoms with Crippen LogP contribution in [0.1, 0.15) is 0 Å². The number of H-pyrrole nitrogens is 1. The molecule has 1 heterocycles. The monoisotopic (exact) mass is 392 g/mol. The average Bonchev–Trinajstić information content (AvgIpc) is 2.28. The fourth-order valence-corrected chi connectivity index (χ4v) is 1.84. The molecule has 6 heteroatoms. The molecule has 1 N–H and O–H groups in total. The van der Waals surface area contributed by atoms with Gasteiger partial charge in [0.25, 0.3) is 5.56 Å². The maximum absolute atomic E-state index is 11.3. The third-order valence-corrected chi connectivity index (χ3v) is 3.41. The van der Waals surface area contributed by atoms with Crippen LogP contribution in [0.3, 0.4) is 0 Å². The number of para-hydroxylation sites is 1. The number of ether oxygens (including phenoxy) is 1. The van der Waals surface area contributed by atoms with Gasteiger partial charge in [0, 0.05) is 0 Å². The van der Waals surface area contributed by atoms with Crippen LogP contribution in [0.15, 0.2) is 39.9 Å². The van der Waals surface area contributed by atoms with Gasteiger partial charge in [0.05, 0.1) is 10.8 Å². The Hall–Kier alpha value is -0.890. The number of benzene rings is 1. The smallest absolute Gasteiger partial charge is 0.268 e. The number of hydrogen-bond donors (Lipinski definition) is 1. The molecule has 0 saturated heterocycles. The maximum Gasteiger partial charge on any atom is 0.268 e. The van der Waals surface area contributed by atoms with Crippen molar-refractivity contribution in [1.82, 2.24) is 9.97 Å². The van der Waals surface area contributed by atoms with Crippen molar-refractivity contribution in [1.29, 1.82) is 0 Å². The minimum Gasteiger partial charge on any atom is -0.436 e. The van der Waals surface area contributed by atoms with E-state index in [0.29, 0.717) is 15.2 Å². The van der Waals surface area contributed by atoms with Crippen LogP contribution in [0.25, 0.3) is 0 Å². The molecule has 0 saturated carbocycles. The lowest BCUT2D eigenvalue weighted by atomic mass is 10.3. The highest BCUT2D eigenvalue weighted by Gasteiger charge is 2.09. The quantitative estimate of drug-likeness (QED) is 0.799. The Kier molecular flexibility index (Phi) is 3.59. The summed E-state index contributed by atoms with van der Waals surface area (Å²) >= 11 is 5.25. The molecule has 4 nitrogen and oxygen atoms in total. The van der Waals surface area contributed by atoms with Gasteiger partial charge in [-0.2, -0.15) is 0 Å². The van der Waals surface area contributed by atoms with Crippen LogP contribution < -0.4 is 10.3 Å². The van der Waals surface area contributed by atoms with E-state index in [9.17, 15) is 4.79 Å². The molecule has 2 aromatic rings. The van der Waals surface area contributed by atoms with Crippen molar-refractivity contribution in [2.75, 3.05) is 0 Å². The minimum absolute atomic E-state index is 0.211. The fraction of sp³-hybridized carbons (Fsp3) is 0. The molecule has 0 atom stereocenters. The molecule has 1 aromatic carbocycles. The van der Waals surface area contributed by atoms with Crippen LogP contribution in [0.4, 0.5) is 0 Å². The van der Waals surface area contributed by atoms with Crippen molar-refractivity contribution in [2.45, 2.75) is 0 Å². The van der Waals surface area contributed by atoms with Gasteiger partial charge < -0.3 is 9.72 Å². The maximum atomic E-state index is 11.3. The van der Waals surface area contributed by atoms with Crippen LogP contribution in [0.2, 0.25) is 0 Å². The molecule has 0 radical (unpaired) electrons. The highest BCUT2D eigenvalue weighted by molar-refractivity contribution is 14.1. The summed E-state index contributed by atoms with van der Waals surface area (Å²) in [5.74, 6) is 0.926. The van der Waals surface area contributed by atoms with Crippen LogP contribution >= 0.6 is 38.5 Å². The zero-order valence-electron chi connectivity index (χ0n) is 7.91. The Morgan fingerprint density at radius 1 is 1.38 bits per heavy atom. The second-order valence-corrected chi connectivity index (χ2v) is 4.82. The van der Waals surface area contributed by atoms with Crippen molar-refractivity contribution >= 4 is 38.5 Å². The fourth-order valence-electron chi connectivity index (χ4n) is 1.07. The van der Waals surface area contributed by atoms with E-state index < -0.39 is 0 Å². The predicted octanol–water partition coefficient (Wildman–Crippen LogP) is 2.93. The molecular formula is C10H6BrIN2O2. The van der Waals surface area contributed by atoms with Crippen molar-refractivity contribution in [3.05, 3.63) is 49.0 Å². The molecule has 2 rings (SSSR count). The summed E-state index contributed by atoms with van der Waals surface area (Å²) in [7, 11) is 0. The summed E-state index contributed by atoms with van der Waals surface area (Å²) < 4.78 is 6.77. The van der Waals surface area contributed by atoms with Crippen molar-refractivity contribution in [3.8, 4) is 11.6 Å². The lowest BCUT2D eigenvalue weighted by molar-refractivity contribution is 0.453. The first-order chi connectivity index (χ1) is 7.68. The molecule has 16 heavy (non-hydrogen) atoms. The van der Waals surface area contributed by atoms with E-state index in [1.807, 2.05) is 40.8 Å². The largest absolute Gasteiger partial charge is 0.436 e. The highest BCUT2D eigenvalue weighted by atomic mass is 127. The van der Waals surface area contributed by atoms with Gasteiger partial charge in [-0.15, -0.1) is 0 Å². The first kappa shape index (κ1) is 11.6. The number of halogens is 2. The summed E-state index contributed by atoms with van der Waals surface area (Å²) in [5.41, 5.74) is -0.211. The SMILES string of the molecule is O=c1[nH]cnc(Oc2ccccc2Br)c1I. The van der Waals surface area contributed by atoms with E-state index in [0.717, 1.165) is 4.47 Å². The number of nitrogens with zero attached hydrogens (tertiary/aromatic N) is 1. The molecule has 0 unspecified atom stereocenters. The van der Waals surface area contributed by atoms with Gasteiger partial charge in [-0.05, 0) is 50.7 Å². The molecule has 0 aliphatic carbocycles. The third-order valence-electron chi connectivity index (χ3n) is 1.81. The van der Waals surface area contributed by atoms with Gasteiger partial charge in [0.1, 0.15) is 9.32 Å². The van der Waals surface area contributed by atoms with Crippen LogP contribution in [0.5, 0.6) is 11.6 Å². The summed E-state index contributed by atoms with van der Waals surface area (Å²) in [6, 6.07) is 7.38. The van der Waals surface area contributed by atoms with Crippen molar-refractivity contribution < 1.29 is 4.74 Å². The molecule has 0 spiro atoms. The Morgan fingerprint density at radius 3 is 2.88 bits per heavy atom. The highest BCUT2D eigenvalue weighted by Crippen LogP contribution is 2.29. The van der Waals surface area contributed by atoms with Gasteiger partial charge in [0.2, 0.25) is 5.88 Å². The molecule has 0 aliphatic rings. The summed E-state index contributed by atoms with van der Waals surface area (Å²) in [6.45, 7) is 0. The molecule has 0 amide bonds. The van der Waals surface area contributed by atoms with Crippen LogP contribution in [-0.4, -0.2) is 9.97 Å². The first-order valence-corrected chi connectivity index (χ1v) is 6.21. The Bertz CT molecular complexity index is 571. The first-order valence-electron chi connectivity index (χ1n) is 4.34. The number of aromatic nitrogens is 2. The predicted molar refractivity (Wildman–Crippen MR) is 71.8 cm³/mol. The molecule has 0 aliphatic heterocycles. The molecule has 0 bridgehead atoms. The van der Waals surface area contributed by atoms with Crippen LogP contribution in [-0.2, 0) is 0 Å². The van der Waals surface area contributed by atoms with E-state index in [1.165, 1.54) is 6.33 Å². The molecule has 82 valence electrons. The summed E-state index contributed by atoms with van der Waals surface area (Å²) in [4.78, 5) is 17.8. The van der Waals surface area contributed by atoms with E-state index in [1.54, 1.807) is 6.07 Å². The van der Waals surface area contributed by atoms with E-state index in [4.69, 9.17) is 4.74 Å². The van der Waals surface area contributed by atoms with Gasteiger partial charge in [-0.25, -0.2) is 4.98 Å². The number of nitrogens with one attached hydrogen (secondary N) is 1.